The van der Waals surface area contributed by atoms with Crippen LogP contribution in [0.4, 0.5) is 15.3 Å². The van der Waals surface area contributed by atoms with Crippen LogP contribution in [0.5, 0.6) is 0 Å². The molecule has 2 aromatic carbocycles. The highest BCUT2D eigenvalue weighted by Gasteiger charge is 2.45. The maximum absolute atomic E-state index is 14.5. The Morgan fingerprint density at radius 2 is 1.58 bits per heavy atom. The molecular formula is C41H55ClN8O9. The number of halogens is 1. The van der Waals surface area contributed by atoms with Gasteiger partial charge in [0.1, 0.15) is 18.1 Å². The number of ketones is 1. The van der Waals surface area contributed by atoms with E-state index in [4.69, 9.17) is 22.1 Å². The van der Waals surface area contributed by atoms with E-state index in [2.05, 4.69) is 31.9 Å². The Balaban J connectivity index is 1.50. The standard InChI is InChI=1S/C41H55ClN8O9/c1-4-11-30(35(52)38(55)44-21-32(51)48-33(36(43)53)25-12-7-5-8-13-25)47-37(54)31-20-29(46-40(57)45-28-18-16-27(42)17-19-28)22-50(31)39(56)34(26-14-9-6-10-15-26)49-41(58)59-23-24(2)3/h5,7-8,12-13,16-19,24,26,29-31,33-34H,4,6,9-11,14-15,20-23H2,1-3H3,(H2,43,53)(H,44,55)(H,47,54)(H,48,51)(H,49,58)(H2,45,46,57)/t29-,30?,31?,33+,34+/m1/s1. The summed E-state index contributed by atoms with van der Waals surface area (Å²) < 4.78 is 5.37. The lowest BCUT2D eigenvalue weighted by atomic mass is 9.83. The molecule has 2 unspecified atom stereocenters. The number of ether oxygens (including phenoxy) is 1. The first-order chi connectivity index (χ1) is 28.2. The second-order valence-electron chi connectivity index (χ2n) is 15.3. The SMILES string of the molecule is CCCC(NC(=O)C1C[C@@H](NC(=O)Nc2ccc(Cl)cc2)CN1C(=O)[C@@H](NC(=O)OCC(C)C)C1CCCCC1)C(=O)C(=O)NCC(=O)N[C@H](C(N)=O)c1ccccc1. The highest BCUT2D eigenvalue weighted by atomic mass is 35.5. The zero-order valence-electron chi connectivity index (χ0n) is 33.6. The average molecular weight is 839 g/mol. The first kappa shape index (κ1) is 46.0. The molecule has 1 aliphatic heterocycles. The van der Waals surface area contributed by atoms with Gasteiger partial charge in [0.2, 0.25) is 29.4 Å². The maximum atomic E-state index is 14.5. The van der Waals surface area contributed by atoms with E-state index >= 15 is 0 Å². The minimum absolute atomic E-state index is 0.0434. The van der Waals surface area contributed by atoms with Gasteiger partial charge in [-0.1, -0.05) is 88.4 Å². The molecule has 0 aromatic heterocycles. The number of primary amides is 1. The summed E-state index contributed by atoms with van der Waals surface area (Å²) in [5.74, 6) is -5.31. The Morgan fingerprint density at radius 3 is 2.20 bits per heavy atom. The number of nitrogens with two attached hydrogens (primary N) is 1. The topological polar surface area (TPSA) is 247 Å². The number of alkyl carbamates (subject to hydrolysis) is 1. The van der Waals surface area contributed by atoms with Crippen LogP contribution < -0.4 is 37.6 Å². The van der Waals surface area contributed by atoms with E-state index in [9.17, 15) is 38.4 Å². The number of anilines is 1. The fourth-order valence-electron chi connectivity index (χ4n) is 7.16. The Morgan fingerprint density at radius 1 is 0.898 bits per heavy atom. The van der Waals surface area contributed by atoms with Gasteiger partial charge in [-0.2, -0.15) is 0 Å². The molecule has 320 valence electrons. The van der Waals surface area contributed by atoms with Crippen LogP contribution in [-0.2, 0) is 33.5 Å². The molecule has 1 heterocycles. The predicted molar refractivity (Wildman–Crippen MR) is 219 cm³/mol. The largest absolute Gasteiger partial charge is 0.449 e. The summed E-state index contributed by atoms with van der Waals surface area (Å²) in [5.41, 5.74) is 6.35. The van der Waals surface area contributed by atoms with Crippen molar-refractivity contribution in [3.05, 3.63) is 65.2 Å². The van der Waals surface area contributed by atoms with E-state index in [0.717, 1.165) is 19.3 Å². The lowest BCUT2D eigenvalue weighted by Gasteiger charge is -2.34. The predicted octanol–water partition coefficient (Wildman–Crippen LogP) is 3.08. The van der Waals surface area contributed by atoms with Crippen molar-refractivity contribution in [3.63, 3.8) is 0 Å². The quantitative estimate of drug-likeness (QED) is 0.109. The third kappa shape index (κ3) is 14.0. The molecule has 2 aliphatic rings. The lowest BCUT2D eigenvalue weighted by molar-refractivity contribution is -0.143. The summed E-state index contributed by atoms with van der Waals surface area (Å²) in [7, 11) is 0. The molecule has 0 spiro atoms. The maximum Gasteiger partial charge on any atom is 0.407 e. The summed E-state index contributed by atoms with van der Waals surface area (Å²) in [6.45, 7) is 4.87. The molecule has 8 N–H and O–H groups in total. The lowest BCUT2D eigenvalue weighted by Crippen LogP contribution is -2.58. The molecule has 2 fully saturated rings. The van der Waals surface area contributed by atoms with Crippen LogP contribution in [0.1, 0.15) is 83.7 Å². The Bertz CT molecular complexity index is 1810. The summed E-state index contributed by atoms with van der Waals surface area (Å²) in [4.78, 5) is 107. The number of carbonyl (C=O) groups is 8. The monoisotopic (exact) mass is 838 g/mol. The van der Waals surface area contributed by atoms with Gasteiger partial charge in [-0.3, -0.25) is 28.8 Å². The number of nitrogens with zero attached hydrogens (tertiary/aromatic N) is 1. The Kier molecular flexibility index (Phi) is 17.5. The fourth-order valence-corrected chi connectivity index (χ4v) is 7.29. The van der Waals surface area contributed by atoms with Gasteiger partial charge >= 0.3 is 12.1 Å². The number of amides is 8. The number of Topliss-reactive ketones (excluding diaryl/α,β-unsaturated/α-hetero) is 1. The molecule has 0 radical (unpaired) electrons. The van der Waals surface area contributed by atoms with E-state index < -0.39 is 84.2 Å². The van der Waals surface area contributed by atoms with Crippen molar-refractivity contribution in [1.29, 1.82) is 0 Å². The van der Waals surface area contributed by atoms with E-state index in [1.165, 1.54) is 4.90 Å². The summed E-state index contributed by atoms with van der Waals surface area (Å²) in [6, 6.07) is 8.56. The molecule has 4 rings (SSSR count). The van der Waals surface area contributed by atoms with Crippen molar-refractivity contribution in [2.45, 2.75) is 102 Å². The zero-order valence-corrected chi connectivity index (χ0v) is 34.3. The summed E-state index contributed by atoms with van der Waals surface area (Å²) >= 11 is 5.98. The van der Waals surface area contributed by atoms with Crippen molar-refractivity contribution >= 4 is 64.7 Å². The minimum Gasteiger partial charge on any atom is -0.449 e. The number of nitrogens with one attached hydrogen (secondary N) is 6. The molecule has 17 nitrogen and oxygen atoms in total. The first-order valence-electron chi connectivity index (χ1n) is 20.0. The van der Waals surface area contributed by atoms with Gasteiger partial charge in [-0.15, -0.1) is 0 Å². The second kappa shape index (κ2) is 22.4. The van der Waals surface area contributed by atoms with Gasteiger partial charge in [-0.25, -0.2) is 9.59 Å². The molecule has 59 heavy (non-hydrogen) atoms. The van der Waals surface area contributed by atoms with Crippen LogP contribution in [-0.4, -0.2) is 96.2 Å². The van der Waals surface area contributed by atoms with Gasteiger partial charge in [-0.05, 0) is 67.3 Å². The van der Waals surface area contributed by atoms with Crippen LogP contribution in [0.3, 0.4) is 0 Å². The smallest absolute Gasteiger partial charge is 0.407 e. The van der Waals surface area contributed by atoms with Gasteiger partial charge in [0.05, 0.1) is 25.2 Å². The molecule has 1 saturated heterocycles. The van der Waals surface area contributed by atoms with Crippen molar-refractivity contribution in [1.82, 2.24) is 31.5 Å². The van der Waals surface area contributed by atoms with Crippen LogP contribution >= 0.6 is 11.6 Å². The molecule has 18 heteroatoms. The number of benzene rings is 2. The molecule has 2 aromatic rings. The van der Waals surface area contributed by atoms with Crippen molar-refractivity contribution in [2.75, 3.05) is 25.0 Å². The third-order valence-corrected chi connectivity index (χ3v) is 10.4. The second-order valence-corrected chi connectivity index (χ2v) is 15.7. The number of urea groups is 1. The van der Waals surface area contributed by atoms with Gasteiger partial charge < -0.3 is 47.3 Å². The van der Waals surface area contributed by atoms with Crippen molar-refractivity contribution in [2.24, 2.45) is 17.6 Å². The first-order valence-corrected chi connectivity index (χ1v) is 20.4. The van der Waals surface area contributed by atoms with Gasteiger partial charge in [0.25, 0.3) is 5.91 Å². The van der Waals surface area contributed by atoms with Gasteiger partial charge in [0.15, 0.2) is 0 Å². The molecule has 1 saturated carbocycles. The molecule has 1 aliphatic carbocycles. The highest BCUT2D eigenvalue weighted by molar-refractivity contribution is 6.38. The number of carbonyl (C=O) groups excluding carboxylic acids is 8. The Labute approximate surface area is 348 Å². The molecular weight excluding hydrogens is 784 g/mol. The fraction of sp³-hybridized carbons (Fsp3) is 0.512. The number of hydrogen-bond acceptors (Lipinski definition) is 9. The normalized spacial score (nSPS) is 18.1. The molecule has 8 amide bonds. The molecule has 5 atom stereocenters. The zero-order chi connectivity index (χ0) is 43.1. The van der Waals surface area contributed by atoms with Crippen LogP contribution in [0.15, 0.2) is 54.6 Å². The minimum atomic E-state index is -1.34. The highest BCUT2D eigenvalue weighted by Crippen LogP contribution is 2.30. The van der Waals surface area contributed by atoms with E-state index in [1.54, 1.807) is 61.5 Å². The number of likely N-dealkylation sites (tertiary alicyclic amines) is 1. The van der Waals surface area contributed by atoms with E-state index in [-0.39, 0.29) is 37.8 Å². The van der Waals surface area contributed by atoms with Crippen LogP contribution in [0, 0.1) is 11.8 Å². The van der Waals surface area contributed by atoms with E-state index in [1.807, 2.05) is 13.8 Å². The van der Waals surface area contributed by atoms with Gasteiger partial charge in [0, 0.05) is 17.3 Å². The third-order valence-electron chi connectivity index (χ3n) is 10.1. The number of hydrogen-bond donors (Lipinski definition) is 7. The summed E-state index contributed by atoms with van der Waals surface area (Å²) in [6.07, 6.45) is 3.59. The summed E-state index contributed by atoms with van der Waals surface area (Å²) in [5, 5.41) is 16.1. The Hall–Kier alpha value is -5.71. The number of rotatable bonds is 18. The van der Waals surface area contributed by atoms with Crippen LogP contribution in [0.25, 0.3) is 0 Å². The van der Waals surface area contributed by atoms with Crippen molar-refractivity contribution < 1.29 is 43.1 Å². The molecule has 0 bridgehead atoms. The van der Waals surface area contributed by atoms with Crippen LogP contribution in [0.2, 0.25) is 5.02 Å². The van der Waals surface area contributed by atoms with Crippen molar-refractivity contribution in [3.8, 4) is 0 Å². The average Bonchev–Trinajstić information content (AvgIpc) is 3.64. The van der Waals surface area contributed by atoms with E-state index in [0.29, 0.717) is 35.5 Å².